The van der Waals surface area contributed by atoms with Gasteiger partial charge in [0.05, 0.1) is 5.69 Å². The third-order valence-corrected chi connectivity index (χ3v) is 4.38. The van der Waals surface area contributed by atoms with E-state index in [4.69, 9.17) is 4.74 Å². The normalized spacial score (nSPS) is 10.8. The van der Waals surface area contributed by atoms with E-state index in [9.17, 15) is 4.79 Å². The summed E-state index contributed by atoms with van der Waals surface area (Å²) >= 11 is 0. The van der Waals surface area contributed by atoms with Crippen LogP contribution in [0.4, 0.5) is 5.69 Å². The summed E-state index contributed by atoms with van der Waals surface area (Å²) in [6.07, 6.45) is 0. The first-order valence-corrected chi connectivity index (χ1v) is 9.01. The van der Waals surface area contributed by atoms with Gasteiger partial charge >= 0.3 is 0 Å². The molecule has 0 aliphatic rings. The van der Waals surface area contributed by atoms with E-state index in [1.807, 2.05) is 80.6 Å². The van der Waals surface area contributed by atoms with E-state index in [1.54, 1.807) is 4.80 Å². The van der Waals surface area contributed by atoms with Crippen molar-refractivity contribution in [3.8, 4) is 11.4 Å². The zero-order valence-electron chi connectivity index (χ0n) is 15.7. The number of hydrogen-bond acceptors (Lipinski definition) is 4. The van der Waals surface area contributed by atoms with E-state index in [0.717, 1.165) is 16.8 Å². The van der Waals surface area contributed by atoms with Gasteiger partial charge in [-0.05, 0) is 55.8 Å². The molecule has 0 aliphatic heterocycles. The first kappa shape index (κ1) is 17.7. The summed E-state index contributed by atoms with van der Waals surface area (Å²) in [5, 5.41) is 12.0. The van der Waals surface area contributed by atoms with Crippen molar-refractivity contribution < 1.29 is 9.53 Å². The molecule has 6 nitrogen and oxygen atoms in total. The van der Waals surface area contributed by atoms with Crippen LogP contribution in [0, 0.1) is 13.8 Å². The summed E-state index contributed by atoms with van der Waals surface area (Å²) < 4.78 is 5.49. The number of hydrogen-bond donors (Lipinski definition) is 1. The number of ether oxygens (including phenoxy) is 1. The van der Waals surface area contributed by atoms with Gasteiger partial charge in [-0.15, -0.1) is 10.2 Å². The molecular weight excluding hydrogens is 352 g/mol. The highest BCUT2D eigenvalue weighted by atomic mass is 16.5. The first-order chi connectivity index (χ1) is 13.6. The summed E-state index contributed by atoms with van der Waals surface area (Å²) in [4.78, 5) is 13.9. The fourth-order valence-corrected chi connectivity index (χ4v) is 2.85. The highest BCUT2D eigenvalue weighted by Gasteiger charge is 2.11. The van der Waals surface area contributed by atoms with Crippen molar-refractivity contribution in [2.24, 2.45) is 0 Å². The Hall–Kier alpha value is -3.67. The minimum Gasteiger partial charge on any atom is -0.484 e. The van der Waals surface area contributed by atoms with Crippen LogP contribution in [0.1, 0.15) is 11.1 Å². The molecule has 0 saturated heterocycles. The Balaban J connectivity index is 1.52. The summed E-state index contributed by atoms with van der Waals surface area (Å²) in [6, 6.07) is 21.0. The van der Waals surface area contributed by atoms with E-state index in [-0.39, 0.29) is 12.5 Å². The average Bonchev–Trinajstić information content (AvgIpc) is 3.10. The molecule has 140 valence electrons. The Bertz CT molecular complexity index is 1120. The van der Waals surface area contributed by atoms with Gasteiger partial charge < -0.3 is 10.1 Å². The van der Waals surface area contributed by atoms with Gasteiger partial charge in [0.25, 0.3) is 5.91 Å². The van der Waals surface area contributed by atoms with E-state index in [1.165, 1.54) is 5.56 Å². The lowest BCUT2D eigenvalue weighted by atomic mass is 10.1. The average molecular weight is 372 g/mol. The monoisotopic (exact) mass is 372 g/mol. The second-order valence-corrected chi connectivity index (χ2v) is 6.63. The zero-order chi connectivity index (χ0) is 19.5. The predicted octanol–water partition coefficient (Wildman–Crippen LogP) is 4.05. The number of carbonyl (C=O) groups is 1. The number of benzene rings is 3. The predicted molar refractivity (Wildman–Crippen MR) is 109 cm³/mol. The van der Waals surface area contributed by atoms with E-state index < -0.39 is 0 Å². The van der Waals surface area contributed by atoms with Gasteiger partial charge in [-0.2, -0.15) is 4.80 Å². The quantitative estimate of drug-likeness (QED) is 0.574. The summed E-state index contributed by atoms with van der Waals surface area (Å²) in [6.45, 7) is 3.91. The smallest absolute Gasteiger partial charge is 0.262 e. The maximum atomic E-state index is 12.3. The van der Waals surface area contributed by atoms with Crippen LogP contribution in [0.3, 0.4) is 0 Å². The van der Waals surface area contributed by atoms with Crippen LogP contribution in [0.25, 0.3) is 16.7 Å². The molecule has 6 heteroatoms. The molecule has 0 atom stereocenters. The summed E-state index contributed by atoms with van der Waals surface area (Å²) in [7, 11) is 0. The lowest BCUT2D eigenvalue weighted by molar-refractivity contribution is -0.118. The van der Waals surface area contributed by atoms with Gasteiger partial charge in [0.2, 0.25) is 0 Å². The second-order valence-electron chi connectivity index (χ2n) is 6.63. The molecule has 0 unspecified atom stereocenters. The van der Waals surface area contributed by atoms with E-state index in [2.05, 4.69) is 15.5 Å². The number of fused-ring (bicyclic) bond motifs is 1. The van der Waals surface area contributed by atoms with Crippen LogP contribution in [0.15, 0.2) is 66.7 Å². The lowest BCUT2D eigenvalue weighted by Gasteiger charge is -2.09. The number of nitrogens with one attached hydrogen (secondary N) is 1. The number of aryl methyl sites for hydroxylation is 2. The molecule has 4 rings (SSSR count). The maximum absolute atomic E-state index is 12.3. The van der Waals surface area contributed by atoms with Gasteiger partial charge in [0.1, 0.15) is 16.8 Å². The number of nitrogens with zero attached hydrogens (tertiary/aromatic N) is 3. The summed E-state index contributed by atoms with van der Waals surface area (Å²) in [5.74, 6) is 0.433. The molecule has 0 saturated carbocycles. The van der Waals surface area contributed by atoms with Crippen molar-refractivity contribution in [1.82, 2.24) is 15.0 Å². The van der Waals surface area contributed by atoms with E-state index >= 15 is 0 Å². The minimum absolute atomic E-state index is 0.0580. The fraction of sp³-hybridized carbons (Fsp3) is 0.136. The highest BCUT2D eigenvalue weighted by molar-refractivity contribution is 5.95. The fourth-order valence-electron chi connectivity index (χ4n) is 2.85. The highest BCUT2D eigenvalue weighted by Crippen LogP contribution is 2.22. The molecule has 0 aliphatic carbocycles. The first-order valence-electron chi connectivity index (χ1n) is 9.01. The second kappa shape index (κ2) is 7.52. The molecule has 1 amide bonds. The molecule has 4 aromatic rings. The van der Waals surface area contributed by atoms with Crippen molar-refractivity contribution in [1.29, 1.82) is 0 Å². The van der Waals surface area contributed by atoms with Crippen molar-refractivity contribution in [3.05, 3.63) is 77.9 Å². The topological polar surface area (TPSA) is 69.0 Å². The van der Waals surface area contributed by atoms with Crippen LogP contribution in [-0.4, -0.2) is 27.5 Å². The van der Waals surface area contributed by atoms with Crippen LogP contribution >= 0.6 is 0 Å². The molecule has 3 aromatic carbocycles. The maximum Gasteiger partial charge on any atom is 0.262 e. The van der Waals surface area contributed by atoms with E-state index in [0.29, 0.717) is 17.0 Å². The van der Waals surface area contributed by atoms with Crippen molar-refractivity contribution in [2.45, 2.75) is 13.8 Å². The molecule has 0 radical (unpaired) electrons. The molecule has 0 fully saturated rings. The SMILES string of the molecule is Cc1ccc(-n2nc3cc(C)c(NC(=O)COc4ccccc4)cc3n2)cc1. The molecule has 1 N–H and O–H groups in total. The van der Waals surface area contributed by atoms with Gasteiger partial charge in [0.15, 0.2) is 6.61 Å². The Labute approximate surface area is 162 Å². The van der Waals surface area contributed by atoms with Crippen LogP contribution < -0.4 is 10.1 Å². The Kier molecular flexibility index (Phi) is 4.76. The molecule has 0 bridgehead atoms. The number of amides is 1. The van der Waals surface area contributed by atoms with Gasteiger partial charge in [-0.1, -0.05) is 35.9 Å². The van der Waals surface area contributed by atoms with Gasteiger partial charge in [0, 0.05) is 5.69 Å². The minimum atomic E-state index is -0.225. The molecular formula is C22H20N4O2. The lowest BCUT2D eigenvalue weighted by Crippen LogP contribution is -2.20. The van der Waals surface area contributed by atoms with Crippen LogP contribution in [0.2, 0.25) is 0 Å². The zero-order valence-corrected chi connectivity index (χ0v) is 15.7. The van der Waals surface area contributed by atoms with Crippen LogP contribution in [-0.2, 0) is 4.79 Å². The van der Waals surface area contributed by atoms with Crippen molar-refractivity contribution in [2.75, 3.05) is 11.9 Å². The Morgan fingerprint density at radius 3 is 2.36 bits per heavy atom. The van der Waals surface area contributed by atoms with Crippen molar-refractivity contribution in [3.63, 3.8) is 0 Å². The number of para-hydroxylation sites is 1. The largest absolute Gasteiger partial charge is 0.484 e. The number of aromatic nitrogens is 3. The molecule has 1 aromatic heterocycles. The third-order valence-electron chi connectivity index (χ3n) is 4.38. The Morgan fingerprint density at radius 2 is 1.64 bits per heavy atom. The summed E-state index contributed by atoms with van der Waals surface area (Å²) in [5.41, 5.74) is 5.17. The van der Waals surface area contributed by atoms with Gasteiger partial charge in [-0.3, -0.25) is 4.79 Å². The number of carbonyl (C=O) groups excluding carboxylic acids is 1. The van der Waals surface area contributed by atoms with Gasteiger partial charge in [-0.25, -0.2) is 0 Å². The van der Waals surface area contributed by atoms with Crippen LogP contribution in [0.5, 0.6) is 5.75 Å². The number of rotatable bonds is 5. The molecule has 28 heavy (non-hydrogen) atoms. The van der Waals surface area contributed by atoms with Crippen molar-refractivity contribution >= 4 is 22.6 Å². The Morgan fingerprint density at radius 1 is 0.964 bits per heavy atom. The third kappa shape index (κ3) is 3.86. The standard InChI is InChI=1S/C22H20N4O2/c1-15-8-10-17(11-9-15)26-24-20-12-16(2)19(13-21(20)25-26)23-22(27)14-28-18-6-4-3-5-7-18/h3-13H,14H2,1-2H3,(H,23,27). The molecule has 1 heterocycles. The number of anilines is 1. The molecule has 0 spiro atoms.